The van der Waals surface area contributed by atoms with E-state index in [9.17, 15) is 4.79 Å². The van der Waals surface area contributed by atoms with Crippen molar-refractivity contribution in [3.63, 3.8) is 0 Å². The molecule has 0 saturated heterocycles. The minimum atomic E-state index is -0.0351. The molecule has 2 heterocycles. The number of aromatic nitrogens is 1. The number of anilines is 1. The first kappa shape index (κ1) is 17.0. The molecule has 2 N–H and O–H groups in total. The van der Waals surface area contributed by atoms with Gasteiger partial charge in [-0.05, 0) is 42.7 Å². The van der Waals surface area contributed by atoms with Gasteiger partial charge in [-0.3, -0.25) is 9.78 Å². The fourth-order valence-electron chi connectivity index (χ4n) is 2.74. The number of nitrogens with one attached hydrogen (secondary N) is 2. The Morgan fingerprint density at radius 1 is 1.28 bits per heavy atom. The van der Waals surface area contributed by atoms with E-state index in [4.69, 9.17) is 4.74 Å². The van der Waals surface area contributed by atoms with Crippen LogP contribution >= 0.6 is 0 Å². The average Bonchev–Trinajstić information content (AvgIpc) is 2.66. The van der Waals surface area contributed by atoms with Gasteiger partial charge in [0.1, 0.15) is 5.75 Å². The lowest BCUT2D eigenvalue weighted by atomic mass is 10.0. The minimum absolute atomic E-state index is 0.0351. The van der Waals surface area contributed by atoms with Crippen molar-refractivity contribution in [1.82, 2.24) is 10.3 Å². The summed E-state index contributed by atoms with van der Waals surface area (Å²) in [5, 5.41) is 6.30. The molecule has 1 aromatic carbocycles. The smallest absolute Gasteiger partial charge is 0.249 e. The van der Waals surface area contributed by atoms with E-state index in [-0.39, 0.29) is 5.91 Å². The summed E-state index contributed by atoms with van der Waals surface area (Å²) in [5.74, 6) is 0.805. The molecule has 2 aromatic rings. The van der Waals surface area contributed by atoms with Crippen LogP contribution in [0.2, 0.25) is 0 Å². The number of nitrogens with zero attached hydrogens (tertiary/aromatic N) is 1. The molecule has 0 fully saturated rings. The van der Waals surface area contributed by atoms with E-state index in [0.29, 0.717) is 19.7 Å². The maximum absolute atomic E-state index is 12.4. The topological polar surface area (TPSA) is 63.2 Å². The normalized spacial score (nSPS) is 12.6. The van der Waals surface area contributed by atoms with Gasteiger partial charge in [0.05, 0.1) is 12.3 Å². The molecule has 1 aromatic heterocycles. The number of hydrogen-bond donors (Lipinski definition) is 2. The summed E-state index contributed by atoms with van der Waals surface area (Å²) >= 11 is 0. The Morgan fingerprint density at radius 2 is 2.12 bits per heavy atom. The molecule has 1 amide bonds. The van der Waals surface area contributed by atoms with E-state index in [1.54, 1.807) is 12.4 Å². The van der Waals surface area contributed by atoms with Crippen LogP contribution in [0.4, 0.5) is 5.69 Å². The molecule has 5 nitrogen and oxygen atoms in total. The zero-order valence-electron chi connectivity index (χ0n) is 14.4. The van der Waals surface area contributed by atoms with Gasteiger partial charge in [-0.2, -0.15) is 0 Å². The Labute approximate surface area is 148 Å². The highest BCUT2D eigenvalue weighted by molar-refractivity contribution is 6.01. The third-order valence-corrected chi connectivity index (χ3v) is 4.05. The molecule has 25 heavy (non-hydrogen) atoms. The average molecular weight is 337 g/mol. The molecule has 0 aliphatic carbocycles. The van der Waals surface area contributed by atoms with Crippen molar-refractivity contribution in [3.8, 4) is 5.75 Å². The highest BCUT2D eigenvalue weighted by atomic mass is 16.5. The first-order valence-electron chi connectivity index (χ1n) is 8.65. The maximum Gasteiger partial charge on any atom is 0.249 e. The van der Waals surface area contributed by atoms with Crippen LogP contribution in [0.5, 0.6) is 5.75 Å². The van der Waals surface area contributed by atoms with Gasteiger partial charge in [0.25, 0.3) is 0 Å². The third kappa shape index (κ3) is 4.38. The molecule has 130 valence electrons. The van der Waals surface area contributed by atoms with Crippen molar-refractivity contribution < 1.29 is 9.53 Å². The third-order valence-electron chi connectivity index (χ3n) is 4.05. The molecular formula is C20H23N3O2. The van der Waals surface area contributed by atoms with Crippen LogP contribution in [0.15, 0.2) is 48.3 Å². The number of carbonyl (C=O) groups is 1. The summed E-state index contributed by atoms with van der Waals surface area (Å²) in [7, 11) is 0. The highest BCUT2D eigenvalue weighted by Crippen LogP contribution is 2.33. The van der Waals surface area contributed by atoms with E-state index >= 15 is 0 Å². The second-order valence-corrected chi connectivity index (χ2v) is 5.95. The summed E-state index contributed by atoms with van der Waals surface area (Å²) in [6, 6.07) is 9.81. The van der Waals surface area contributed by atoms with Gasteiger partial charge in [-0.1, -0.05) is 19.1 Å². The van der Waals surface area contributed by atoms with E-state index in [0.717, 1.165) is 41.0 Å². The summed E-state index contributed by atoms with van der Waals surface area (Å²) in [5.41, 5.74) is 3.84. The Hall–Kier alpha value is -2.82. The van der Waals surface area contributed by atoms with Gasteiger partial charge in [-0.25, -0.2) is 0 Å². The SMILES string of the molecule is CCCOc1cccc2c1NCC(C(=O)NCCc1ccncc1)=C2. The molecule has 0 unspecified atom stereocenters. The second kappa shape index (κ2) is 8.33. The molecule has 1 aliphatic rings. The number of rotatable bonds is 7. The zero-order chi connectivity index (χ0) is 17.5. The van der Waals surface area contributed by atoms with E-state index in [1.165, 1.54) is 0 Å². The van der Waals surface area contributed by atoms with Crippen LogP contribution in [0.1, 0.15) is 24.5 Å². The summed E-state index contributed by atoms with van der Waals surface area (Å²) in [6.07, 6.45) is 7.22. The maximum atomic E-state index is 12.4. The number of carbonyl (C=O) groups excluding carboxylic acids is 1. The van der Waals surface area contributed by atoms with Gasteiger partial charge in [0.15, 0.2) is 0 Å². The Morgan fingerprint density at radius 3 is 2.92 bits per heavy atom. The van der Waals surface area contributed by atoms with Crippen LogP contribution in [0.3, 0.4) is 0 Å². The van der Waals surface area contributed by atoms with Crippen molar-refractivity contribution in [2.24, 2.45) is 0 Å². The van der Waals surface area contributed by atoms with Crippen LogP contribution < -0.4 is 15.4 Å². The van der Waals surface area contributed by atoms with E-state index in [2.05, 4.69) is 22.5 Å². The van der Waals surface area contributed by atoms with Crippen LogP contribution in [0.25, 0.3) is 6.08 Å². The number of fused-ring (bicyclic) bond motifs is 1. The van der Waals surface area contributed by atoms with Crippen LogP contribution in [0, 0.1) is 0 Å². The van der Waals surface area contributed by atoms with Crippen molar-refractivity contribution in [1.29, 1.82) is 0 Å². The molecule has 5 heteroatoms. The fourth-order valence-corrected chi connectivity index (χ4v) is 2.74. The Balaban J connectivity index is 1.62. The number of para-hydroxylation sites is 1. The van der Waals surface area contributed by atoms with Crippen molar-refractivity contribution >= 4 is 17.7 Å². The van der Waals surface area contributed by atoms with Gasteiger partial charge in [-0.15, -0.1) is 0 Å². The number of pyridine rings is 1. The summed E-state index contributed by atoms with van der Waals surface area (Å²) < 4.78 is 5.77. The largest absolute Gasteiger partial charge is 0.491 e. The quantitative estimate of drug-likeness (QED) is 0.815. The molecule has 0 saturated carbocycles. The number of ether oxygens (including phenoxy) is 1. The molecule has 0 spiro atoms. The number of hydrogen-bond acceptors (Lipinski definition) is 4. The zero-order valence-corrected chi connectivity index (χ0v) is 14.4. The minimum Gasteiger partial charge on any atom is -0.491 e. The fraction of sp³-hybridized carbons (Fsp3) is 0.300. The van der Waals surface area contributed by atoms with Crippen molar-refractivity contribution in [2.45, 2.75) is 19.8 Å². The van der Waals surface area contributed by atoms with Gasteiger partial charge in [0, 0.05) is 36.6 Å². The lowest BCUT2D eigenvalue weighted by Gasteiger charge is -2.21. The molecule has 0 atom stereocenters. The van der Waals surface area contributed by atoms with Gasteiger partial charge >= 0.3 is 0 Å². The van der Waals surface area contributed by atoms with Crippen molar-refractivity contribution in [2.75, 3.05) is 25.0 Å². The monoisotopic (exact) mass is 337 g/mol. The predicted octanol–water partition coefficient (Wildman–Crippen LogP) is 3.04. The molecule has 1 aliphatic heterocycles. The van der Waals surface area contributed by atoms with Gasteiger partial charge in [0.2, 0.25) is 5.91 Å². The summed E-state index contributed by atoms with van der Waals surface area (Å²) in [4.78, 5) is 16.4. The summed E-state index contributed by atoms with van der Waals surface area (Å²) in [6.45, 7) is 3.87. The Kier molecular flexibility index (Phi) is 5.67. The number of amides is 1. The molecule has 3 rings (SSSR count). The lowest BCUT2D eigenvalue weighted by molar-refractivity contribution is -0.117. The van der Waals surface area contributed by atoms with Crippen LogP contribution in [-0.4, -0.2) is 30.6 Å². The van der Waals surface area contributed by atoms with E-state index in [1.807, 2.05) is 36.4 Å². The molecule has 0 radical (unpaired) electrons. The van der Waals surface area contributed by atoms with E-state index < -0.39 is 0 Å². The first-order valence-corrected chi connectivity index (χ1v) is 8.65. The highest BCUT2D eigenvalue weighted by Gasteiger charge is 2.18. The standard InChI is InChI=1S/C20H23N3O2/c1-2-12-25-18-5-3-4-16-13-17(14-23-19(16)18)20(24)22-11-8-15-6-9-21-10-7-15/h3-7,9-10,13,23H,2,8,11-12,14H2,1H3,(H,22,24). The second-order valence-electron chi connectivity index (χ2n) is 5.95. The first-order chi connectivity index (χ1) is 12.3. The number of benzene rings is 1. The molecule has 0 bridgehead atoms. The molecular weight excluding hydrogens is 314 g/mol. The lowest BCUT2D eigenvalue weighted by Crippen LogP contribution is -2.30. The Bertz CT molecular complexity index is 757. The van der Waals surface area contributed by atoms with Gasteiger partial charge < -0.3 is 15.4 Å². The van der Waals surface area contributed by atoms with Crippen molar-refractivity contribution in [3.05, 3.63) is 59.4 Å². The predicted molar refractivity (Wildman–Crippen MR) is 99.6 cm³/mol. The van der Waals surface area contributed by atoms with Crippen LogP contribution in [-0.2, 0) is 11.2 Å².